The van der Waals surface area contributed by atoms with Crippen LogP contribution in [0.1, 0.15) is 5.56 Å². The Labute approximate surface area is 90.6 Å². The Morgan fingerprint density at radius 1 is 1.54 bits per heavy atom. The first-order valence-corrected chi connectivity index (χ1v) is 5.47. The lowest BCUT2D eigenvalue weighted by molar-refractivity contribution is 1.37. The topological polar surface area (TPSA) is 23.8 Å². The van der Waals surface area contributed by atoms with Gasteiger partial charge in [-0.2, -0.15) is 5.26 Å². The van der Waals surface area contributed by atoms with E-state index < -0.39 is 0 Å². The van der Waals surface area contributed by atoms with Crippen LogP contribution in [0.2, 0.25) is 0 Å². The maximum absolute atomic E-state index is 8.79. The summed E-state index contributed by atoms with van der Waals surface area (Å²) in [6.45, 7) is 3.74. The second-order valence-electron chi connectivity index (χ2n) is 2.41. The van der Waals surface area contributed by atoms with Crippen LogP contribution in [-0.4, -0.2) is 5.75 Å². The number of benzene rings is 1. The number of nitriles is 1. The SMILES string of the molecule is C=C(Br)CSc1ccccc1C#N. The standard InChI is InChI=1S/C10H8BrNS/c1-8(11)7-13-10-5-3-2-4-9(10)6-12/h2-5H,1,7H2. The number of thioether (sulfide) groups is 1. The highest BCUT2D eigenvalue weighted by Crippen LogP contribution is 2.24. The van der Waals surface area contributed by atoms with Gasteiger partial charge in [0.05, 0.1) is 5.56 Å². The van der Waals surface area contributed by atoms with E-state index in [9.17, 15) is 0 Å². The molecular weight excluding hydrogens is 246 g/mol. The van der Waals surface area contributed by atoms with Gasteiger partial charge in [-0.15, -0.1) is 11.8 Å². The van der Waals surface area contributed by atoms with Gasteiger partial charge < -0.3 is 0 Å². The smallest absolute Gasteiger partial charge is 0.100 e. The van der Waals surface area contributed by atoms with Crippen molar-refractivity contribution in [2.75, 3.05) is 5.75 Å². The summed E-state index contributed by atoms with van der Waals surface area (Å²) < 4.78 is 0.935. The van der Waals surface area contributed by atoms with Gasteiger partial charge >= 0.3 is 0 Å². The predicted molar refractivity (Wildman–Crippen MR) is 59.9 cm³/mol. The van der Waals surface area contributed by atoms with Crippen LogP contribution in [0.3, 0.4) is 0 Å². The molecular formula is C10H8BrNS. The minimum absolute atomic E-state index is 0.723. The van der Waals surface area contributed by atoms with E-state index in [1.165, 1.54) is 0 Å². The first-order chi connectivity index (χ1) is 6.24. The molecule has 1 rings (SSSR count). The number of hydrogen-bond donors (Lipinski definition) is 0. The molecule has 0 N–H and O–H groups in total. The lowest BCUT2D eigenvalue weighted by atomic mass is 10.2. The van der Waals surface area contributed by atoms with Crippen molar-refractivity contribution < 1.29 is 0 Å². The van der Waals surface area contributed by atoms with Gasteiger partial charge in [-0.25, -0.2) is 0 Å². The number of rotatable bonds is 3. The van der Waals surface area contributed by atoms with Crippen molar-refractivity contribution in [3.63, 3.8) is 0 Å². The van der Waals surface area contributed by atoms with Crippen LogP contribution in [0.25, 0.3) is 0 Å². The Bertz CT molecular complexity index is 354. The molecule has 0 aliphatic heterocycles. The summed E-state index contributed by atoms with van der Waals surface area (Å²) in [7, 11) is 0. The second-order valence-corrected chi connectivity index (χ2v) is 4.55. The van der Waals surface area contributed by atoms with Gasteiger partial charge in [0, 0.05) is 10.6 Å². The highest BCUT2D eigenvalue weighted by Gasteiger charge is 2.00. The Morgan fingerprint density at radius 2 is 2.23 bits per heavy atom. The Kier molecular flexibility index (Phi) is 4.07. The van der Waals surface area contributed by atoms with Crippen LogP contribution in [0.4, 0.5) is 0 Å². The highest BCUT2D eigenvalue weighted by molar-refractivity contribution is 9.11. The molecule has 1 nitrogen and oxygen atoms in total. The predicted octanol–water partition coefficient (Wildman–Crippen LogP) is 3.56. The molecule has 1 aromatic rings. The molecule has 0 saturated carbocycles. The molecule has 0 aliphatic rings. The van der Waals surface area contributed by atoms with E-state index in [4.69, 9.17) is 5.26 Å². The molecule has 0 heterocycles. The summed E-state index contributed by atoms with van der Waals surface area (Å²) >= 11 is 4.89. The quantitative estimate of drug-likeness (QED) is 0.770. The molecule has 0 fully saturated rings. The number of halogens is 1. The molecule has 0 aromatic heterocycles. The van der Waals surface area contributed by atoms with Crippen LogP contribution in [0.15, 0.2) is 40.2 Å². The minimum Gasteiger partial charge on any atom is -0.192 e. The fourth-order valence-electron chi connectivity index (χ4n) is 0.841. The maximum atomic E-state index is 8.79. The fourth-order valence-corrected chi connectivity index (χ4v) is 1.94. The maximum Gasteiger partial charge on any atom is 0.100 e. The lowest BCUT2D eigenvalue weighted by Gasteiger charge is -2.01. The molecule has 0 spiro atoms. The van der Waals surface area contributed by atoms with Crippen molar-refractivity contribution in [2.45, 2.75) is 4.90 Å². The van der Waals surface area contributed by atoms with Crippen LogP contribution in [0.5, 0.6) is 0 Å². The molecule has 0 aliphatic carbocycles. The van der Waals surface area contributed by atoms with E-state index >= 15 is 0 Å². The fraction of sp³-hybridized carbons (Fsp3) is 0.100. The van der Waals surface area contributed by atoms with Crippen LogP contribution in [0, 0.1) is 11.3 Å². The summed E-state index contributed by atoms with van der Waals surface area (Å²) in [5.41, 5.74) is 0.723. The first-order valence-electron chi connectivity index (χ1n) is 3.69. The van der Waals surface area contributed by atoms with E-state index in [0.29, 0.717) is 0 Å². The summed E-state index contributed by atoms with van der Waals surface area (Å²) in [5, 5.41) is 8.79. The van der Waals surface area contributed by atoms with E-state index in [1.54, 1.807) is 11.8 Å². The Hall–Kier alpha value is -0.720. The van der Waals surface area contributed by atoms with Crippen molar-refractivity contribution in [3.8, 4) is 6.07 Å². The lowest BCUT2D eigenvalue weighted by Crippen LogP contribution is -1.82. The summed E-state index contributed by atoms with van der Waals surface area (Å²) in [5.74, 6) is 0.790. The monoisotopic (exact) mass is 253 g/mol. The summed E-state index contributed by atoms with van der Waals surface area (Å²) in [6, 6.07) is 9.71. The van der Waals surface area contributed by atoms with E-state index in [0.717, 1.165) is 20.7 Å². The largest absolute Gasteiger partial charge is 0.192 e. The normalized spacial score (nSPS) is 9.23. The van der Waals surface area contributed by atoms with Gasteiger partial charge in [-0.05, 0) is 16.6 Å². The third kappa shape index (κ3) is 3.25. The molecule has 0 radical (unpaired) electrons. The molecule has 3 heteroatoms. The molecule has 0 bridgehead atoms. The third-order valence-corrected chi connectivity index (χ3v) is 3.20. The molecule has 0 atom stereocenters. The van der Waals surface area contributed by atoms with Crippen molar-refractivity contribution in [2.24, 2.45) is 0 Å². The van der Waals surface area contributed by atoms with Crippen LogP contribution in [-0.2, 0) is 0 Å². The average molecular weight is 254 g/mol. The van der Waals surface area contributed by atoms with Gasteiger partial charge in [0.25, 0.3) is 0 Å². The molecule has 13 heavy (non-hydrogen) atoms. The minimum atomic E-state index is 0.723. The summed E-state index contributed by atoms with van der Waals surface area (Å²) in [6.07, 6.45) is 0. The molecule has 0 saturated heterocycles. The number of hydrogen-bond acceptors (Lipinski definition) is 2. The van der Waals surface area contributed by atoms with Gasteiger partial charge in [0.15, 0.2) is 0 Å². The van der Waals surface area contributed by atoms with Crippen molar-refractivity contribution in [1.82, 2.24) is 0 Å². The molecule has 0 amide bonds. The second kappa shape index (κ2) is 5.11. The van der Waals surface area contributed by atoms with Gasteiger partial charge in [-0.3, -0.25) is 0 Å². The van der Waals surface area contributed by atoms with Gasteiger partial charge in [0.1, 0.15) is 6.07 Å². The molecule has 66 valence electrons. The van der Waals surface area contributed by atoms with Crippen molar-refractivity contribution >= 4 is 27.7 Å². The Balaban J connectivity index is 2.77. The third-order valence-electron chi connectivity index (χ3n) is 1.39. The first kappa shape index (κ1) is 10.4. The molecule has 1 aromatic carbocycles. The highest BCUT2D eigenvalue weighted by atomic mass is 79.9. The average Bonchev–Trinajstić information content (AvgIpc) is 2.15. The van der Waals surface area contributed by atoms with Crippen LogP contribution < -0.4 is 0 Å². The van der Waals surface area contributed by atoms with Gasteiger partial charge in [-0.1, -0.05) is 34.6 Å². The zero-order valence-electron chi connectivity index (χ0n) is 6.96. The Morgan fingerprint density at radius 3 is 2.85 bits per heavy atom. The van der Waals surface area contributed by atoms with E-state index in [-0.39, 0.29) is 0 Å². The van der Waals surface area contributed by atoms with Crippen molar-refractivity contribution in [1.29, 1.82) is 5.26 Å². The zero-order chi connectivity index (χ0) is 9.68. The summed E-state index contributed by atoms with van der Waals surface area (Å²) in [4.78, 5) is 1.01. The number of nitrogens with zero attached hydrogens (tertiary/aromatic N) is 1. The molecule has 0 unspecified atom stereocenters. The zero-order valence-corrected chi connectivity index (χ0v) is 9.36. The van der Waals surface area contributed by atoms with E-state index in [1.807, 2.05) is 24.3 Å². The van der Waals surface area contributed by atoms with E-state index in [2.05, 4.69) is 28.6 Å². The van der Waals surface area contributed by atoms with Gasteiger partial charge in [0.2, 0.25) is 0 Å². The van der Waals surface area contributed by atoms with Crippen molar-refractivity contribution in [3.05, 3.63) is 40.9 Å². The van der Waals surface area contributed by atoms with Crippen LogP contribution >= 0.6 is 27.7 Å².